The number of ether oxygens (including phenoxy) is 3. The number of aromatic nitrogens is 1. The highest BCUT2D eigenvalue weighted by atomic mass is 16.5. The number of rotatable bonds is 48. The third-order valence-electron chi connectivity index (χ3n) is 15.4. The number of nitrogens with zero attached hydrogens (tertiary/aromatic N) is 2. The highest BCUT2D eigenvalue weighted by Gasteiger charge is 2.03. The number of unbranched alkanes of at least 4 members (excludes halogenated alkanes) is 1. The summed E-state index contributed by atoms with van der Waals surface area (Å²) in [4.78, 5) is 17.6. The van der Waals surface area contributed by atoms with Crippen LogP contribution in [0.4, 0.5) is 0 Å². The summed E-state index contributed by atoms with van der Waals surface area (Å²) in [5.41, 5.74) is 67.9. The van der Waals surface area contributed by atoms with Crippen LogP contribution in [0.25, 0.3) is 6.08 Å². The van der Waals surface area contributed by atoms with Crippen molar-refractivity contribution < 1.29 is 23.4 Å². The number of furan rings is 1. The molecule has 6 aromatic rings. The van der Waals surface area contributed by atoms with Crippen LogP contribution in [0.5, 0.6) is 17.2 Å². The van der Waals surface area contributed by atoms with Gasteiger partial charge >= 0.3 is 0 Å². The van der Waals surface area contributed by atoms with E-state index in [1.165, 1.54) is 16.7 Å². The molecule has 0 radical (unpaired) electrons. The predicted molar refractivity (Wildman–Crippen MR) is 518 cm³/mol. The number of likely N-dealkylation sites (N-methyl/N-ethyl adjacent to an activating group) is 6. The van der Waals surface area contributed by atoms with Crippen molar-refractivity contribution in [1.29, 1.82) is 0 Å². The lowest BCUT2D eigenvalue weighted by molar-refractivity contribution is -0.121. The van der Waals surface area contributed by atoms with E-state index in [2.05, 4.69) is 142 Å². The van der Waals surface area contributed by atoms with E-state index >= 15 is 0 Å². The van der Waals surface area contributed by atoms with Gasteiger partial charge in [0.25, 0.3) is 0 Å². The van der Waals surface area contributed by atoms with Gasteiger partial charge in [0, 0.05) is 122 Å². The van der Waals surface area contributed by atoms with Crippen molar-refractivity contribution >= 4 is 12.0 Å². The fourth-order valence-corrected chi connectivity index (χ4v) is 8.75. The highest BCUT2D eigenvalue weighted by Crippen LogP contribution is 2.20. The lowest BCUT2D eigenvalue weighted by atomic mass is 10.1. The molecule has 2 heterocycles. The molecule has 0 saturated carbocycles. The van der Waals surface area contributed by atoms with E-state index in [-0.39, 0.29) is 5.91 Å². The van der Waals surface area contributed by atoms with Gasteiger partial charge in [-0.05, 0) is 241 Å². The number of pyridine rings is 1. The molecule has 0 aliphatic carbocycles. The van der Waals surface area contributed by atoms with Crippen LogP contribution >= 0.6 is 0 Å². The molecule has 0 saturated heterocycles. The average Bonchev–Trinajstić information content (AvgIpc) is 1.21. The summed E-state index contributed by atoms with van der Waals surface area (Å²) >= 11 is 0. The number of hydrogen-bond donors (Lipinski definition) is 23. The van der Waals surface area contributed by atoms with Crippen LogP contribution in [0.15, 0.2) is 169 Å². The van der Waals surface area contributed by atoms with Crippen LogP contribution in [-0.2, 0) is 50.5 Å². The first kappa shape index (κ1) is 124. The number of hydrogen-bond acceptors (Lipinski definition) is 29. The molecule has 4 aromatic carbocycles. The van der Waals surface area contributed by atoms with Gasteiger partial charge in [0.05, 0.1) is 43.6 Å². The van der Waals surface area contributed by atoms with E-state index in [9.17, 15) is 4.79 Å². The molecule has 0 bridgehead atoms. The normalized spacial score (nSPS) is 9.99. The smallest absolute Gasteiger partial charge is 0.221 e. The molecule has 0 unspecified atom stereocenters. The van der Waals surface area contributed by atoms with Crippen molar-refractivity contribution in [2.24, 2.45) is 63.1 Å². The summed E-state index contributed by atoms with van der Waals surface area (Å²) in [7, 11) is 23.1. The highest BCUT2D eigenvalue weighted by molar-refractivity contribution is 5.76. The Labute approximate surface area is 732 Å². The molecule has 30 nitrogen and oxygen atoms in total. The second-order valence-electron chi connectivity index (χ2n) is 25.9. The Morgan fingerprint density at radius 3 is 1.55 bits per heavy atom. The molecule has 30 heteroatoms. The number of nitrogens with one attached hydrogen (secondary N) is 12. The van der Waals surface area contributed by atoms with Crippen LogP contribution in [0, 0.1) is 11.8 Å². The molecule has 0 aliphatic rings. The summed E-state index contributed by atoms with van der Waals surface area (Å²) in [5.74, 6) is 8.16. The molecule has 6 rings (SSSR count). The first-order chi connectivity index (χ1) is 59.1. The van der Waals surface area contributed by atoms with Crippen molar-refractivity contribution in [2.45, 2.75) is 97.6 Å². The standard InChI is InChI=1S/C12H20N2O2.C12H18N2O.C10H16N2.C8H19N3O.C8H13N3.C7H19N3.C7H12N2O.C7H16N2.C7H9N.C5H12N2.C5H10N2.C3H9N/c1-14-7-9-16-12-5-2-4-11(10-12)15-8-3-6-13;1-14-8-3-5-11-4-2-6-12(10-11)15-9-7-13;1-12-7-6-9-4-2-3-5-10(9)8-11;1-10-7-4-8(12)11-6-3-2-5-9;1-10-6-8-4-2-3-7(5-9)11-8;1-9-5-7-10(2)6-3-4-8;1-9-3-7-5-10-4-6(7)2-8;1-9-7-5-3-2-4-6-8;8-6-7-4-2-1-3-5-7;2*1-7-5-3-2-4-6;1-3-4-2/h2,4-5,10,14H,3,6-9,13H2,1H3;2-6,10,14H,7-9,13H2,1H3;2-5,12H,6-8,11H2,1H3;10H,2-7,9H2,1H3,(H,11,12);2-4,10H,5-6,9H2,1H3;9H,3-8H2,1-2H3;4-5,9H,2-3,8H2,1H3;2-3,9H,4-8H2,1H3;1-5H,6,8H2;2-3,7H,4-6H2,1H3;7H,4-6H2,1H3;4H,3H2,1-2H3/b;5-3+;;;;;;3-2-;;3-2-;;. The topological polar surface area (TPSA) is 505 Å². The van der Waals surface area contributed by atoms with Gasteiger partial charge in [-0.25, -0.2) is 0 Å². The summed E-state index contributed by atoms with van der Waals surface area (Å²) in [5, 5.41) is 35.9. The van der Waals surface area contributed by atoms with Crippen molar-refractivity contribution in [2.75, 3.05) is 229 Å². The quantitative estimate of drug-likeness (QED) is 0.0147. The zero-order chi connectivity index (χ0) is 91.2. The molecule has 0 spiro atoms. The van der Waals surface area contributed by atoms with Gasteiger partial charge in [0.15, 0.2) is 0 Å². The van der Waals surface area contributed by atoms with E-state index in [1.54, 1.807) is 12.5 Å². The Bertz CT molecular complexity index is 3160. The molecule has 2 aromatic heterocycles. The Kier molecular flexibility index (Phi) is 109. The molecule has 1 amide bonds. The monoisotopic (exact) mass is 1700 g/mol. The molecule has 692 valence electrons. The second-order valence-corrected chi connectivity index (χ2v) is 25.9. The minimum atomic E-state index is 0.112. The van der Waals surface area contributed by atoms with Gasteiger partial charge < -0.3 is 150 Å². The SMILES string of the molecule is CCNC.CNC/C=C/c1cccc(OCCN)c1.CNC/C=C\CN.CNCC#CCN.CNCC/C=C\CCN.CNCCC(=O)NCCCCN.CNCCN(C)CCCN.CNCCOc1cccc(OCCCN)c1.CNCCc1ccccc1CN.CNCc1cccc(CN)n1.CNCc1cocc1CN.NCc1ccccc1. The van der Waals surface area contributed by atoms with Crippen LogP contribution in [-0.4, -0.2) is 245 Å². The zero-order valence-electron chi connectivity index (χ0n) is 76.9. The van der Waals surface area contributed by atoms with Crippen molar-refractivity contribution in [3.63, 3.8) is 0 Å². The van der Waals surface area contributed by atoms with Crippen LogP contribution in [0.2, 0.25) is 0 Å². The van der Waals surface area contributed by atoms with Crippen LogP contribution in [0.3, 0.4) is 0 Å². The van der Waals surface area contributed by atoms with Crippen LogP contribution < -0.4 is 141 Å². The second kappa shape index (κ2) is 106. The van der Waals surface area contributed by atoms with E-state index in [0.29, 0.717) is 85.1 Å². The van der Waals surface area contributed by atoms with E-state index < -0.39 is 0 Å². The van der Waals surface area contributed by atoms with Crippen molar-refractivity contribution in [1.82, 2.24) is 73.7 Å². The van der Waals surface area contributed by atoms with Gasteiger partial charge in [-0.2, -0.15) is 0 Å². The van der Waals surface area contributed by atoms with E-state index in [1.807, 2.05) is 193 Å². The number of carbonyl (C=O) groups is 1. The Balaban J connectivity index is -0.000000302. The van der Waals surface area contributed by atoms with Gasteiger partial charge in [-0.15, -0.1) is 0 Å². The van der Waals surface area contributed by atoms with E-state index in [4.69, 9.17) is 81.7 Å². The molecule has 34 N–H and O–H groups in total. The van der Waals surface area contributed by atoms with Crippen molar-refractivity contribution in [3.05, 3.63) is 209 Å². The lowest BCUT2D eigenvalue weighted by Gasteiger charge is -2.14. The number of benzene rings is 4. The summed E-state index contributed by atoms with van der Waals surface area (Å²) in [6.07, 6.45) is 23.4. The molecule has 0 fully saturated rings. The summed E-state index contributed by atoms with van der Waals surface area (Å²) in [6.45, 7) is 23.7. The van der Waals surface area contributed by atoms with Gasteiger partial charge in [0.2, 0.25) is 5.91 Å². The number of nitrogens with two attached hydrogens (primary N) is 11. The maximum absolute atomic E-state index is 11.0. The fourth-order valence-electron chi connectivity index (χ4n) is 8.75. The van der Waals surface area contributed by atoms with E-state index in [0.717, 1.165) is 195 Å². The first-order valence-corrected chi connectivity index (χ1v) is 42.4. The largest absolute Gasteiger partial charge is 0.493 e. The third-order valence-corrected chi connectivity index (χ3v) is 15.4. The maximum atomic E-state index is 11.0. The fraction of sp³-hybridized carbons (Fsp3) is 0.538. The Morgan fingerprint density at radius 1 is 0.438 bits per heavy atom. The van der Waals surface area contributed by atoms with Gasteiger partial charge in [-0.1, -0.05) is 134 Å². The lowest BCUT2D eigenvalue weighted by Crippen LogP contribution is -2.29. The van der Waals surface area contributed by atoms with Crippen molar-refractivity contribution in [3.8, 4) is 29.1 Å². The minimum absolute atomic E-state index is 0.112. The molecular weight excluding hydrogens is 1520 g/mol. The third kappa shape index (κ3) is 92.6. The maximum Gasteiger partial charge on any atom is 0.221 e. The predicted octanol–water partition coefficient (Wildman–Crippen LogP) is 3.59. The Hall–Kier alpha value is -7.96. The number of carbonyl (C=O) groups excluding carboxylic acids is 1. The number of amides is 1. The first-order valence-electron chi connectivity index (χ1n) is 42.4. The summed E-state index contributed by atoms with van der Waals surface area (Å²) in [6, 6.07) is 39.8. The minimum Gasteiger partial charge on any atom is -0.493 e. The van der Waals surface area contributed by atoms with Gasteiger partial charge in [0.1, 0.15) is 30.5 Å². The zero-order valence-corrected chi connectivity index (χ0v) is 76.9. The molecule has 0 atom stereocenters. The van der Waals surface area contributed by atoms with Gasteiger partial charge in [-0.3, -0.25) is 9.78 Å². The Morgan fingerprint density at radius 2 is 1.01 bits per heavy atom. The molecule has 0 aliphatic heterocycles. The summed E-state index contributed by atoms with van der Waals surface area (Å²) < 4.78 is 21.4. The molecule has 121 heavy (non-hydrogen) atoms. The molecular formula is C91H173N25O5. The van der Waals surface area contributed by atoms with Crippen LogP contribution in [0.1, 0.15) is 96.6 Å². The average molecular weight is 1700 g/mol.